The molecule has 5 heteroatoms. The van der Waals surface area contributed by atoms with Gasteiger partial charge >= 0.3 is 5.97 Å². The number of ether oxygens (including phenoxy) is 3. The second kappa shape index (κ2) is 7.34. The second-order valence-electron chi connectivity index (χ2n) is 8.77. The quantitative estimate of drug-likeness (QED) is 0.555. The molecule has 4 aliphatic carbocycles. The molecule has 4 saturated carbocycles. The SMILES string of the molecule is CCCOc1ccc(OCCOC(=O)C23CC4CC(CC(O)(C4)C2)C3)cc1. The normalized spacial score (nSPS) is 33.7. The summed E-state index contributed by atoms with van der Waals surface area (Å²) in [5.41, 5.74) is -1.10. The zero-order valence-electron chi connectivity index (χ0n) is 16.1. The van der Waals surface area contributed by atoms with Crippen molar-refractivity contribution in [2.45, 2.75) is 57.5 Å². The van der Waals surface area contributed by atoms with Gasteiger partial charge in [0.25, 0.3) is 0 Å². The average Bonchev–Trinajstić information content (AvgIpc) is 2.62. The third kappa shape index (κ3) is 3.93. The Morgan fingerprint density at radius 1 is 1.00 bits per heavy atom. The Bertz CT molecular complexity index is 654. The fourth-order valence-electron chi connectivity index (χ4n) is 5.75. The average molecular weight is 374 g/mol. The Balaban J connectivity index is 1.24. The van der Waals surface area contributed by atoms with E-state index in [-0.39, 0.29) is 12.6 Å². The van der Waals surface area contributed by atoms with E-state index in [2.05, 4.69) is 6.92 Å². The highest BCUT2D eigenvalue weighted by Crippen LogP contribution is 2.61. The first-order valence-corrected chi connectivity index (χ1v) is 10.3. The molecule has 0 aliphatic heterocycles. The van der Waals surface area contributed by atoms with Gasteiger partial charge in [-0.05, 0) is 81.0 Å². The second-order valence-corrected chi connectivity index (χ2v) is 8.77. The highest BCUT2D eigenvalue weighted by molar-refractivity contribution is 5.77. The molecule has 4 aliphatic rings. The lowest BCUT2D eigenvalue weighted by Crippen LogP contribution is -2.58. The molecule has 4 fully saturated rings. The van der Waals surface area contributed by atoms with E-state index in [4.69, 9.17) is 14.2 Å². The first-order valence-electron chi connectivity index (χ1n) is 10.3. The predicted molar refractivity (Wildman–Crippen MR) is 101 cm³/mol. The molecule has 2 atom stereocenters. The van der Waals surface area contributed by atoms with Crippen molar-refractivity contribution in [3.8, 4) is 11.5 Å². The van der Waals surface area contributed by atoms with E-state index in [9.17, 15) is 9.90 Å². The van der Waals surface area contributed by atoms with Gasteiger partial charge in [0.15, 0.2) is 0 Å². The topological polar surface area (TPSA) is 65.0 Å². The number of benzene rings is 1. The third-order valence-electron chi connectivity index (χ3n) is 6.35. The van der Waals surface area contributed by atoms with Crippen molar-refractivity contribution in [2.75, 3.05) is 19.8 Å². The van der Waals surface area contributed by atoms with E-state index in [1.807, 2.05) is 24.3 Å². The lowest BCUT2D eigenvalue weighted by Gasteiger charge is -2.58. The molecule has 1 aromatic rings. The van der Waals surface area contributed by atoms with Crippen molar-refractivity contribution in [1.29, 1.82) is 0 Å². The Morgan fingerprint density at radius 2 is 1.59 bits per heavy atom. The summed E-state index contributed by atoms with van der Waals surface area (Å²) in [6, 6.07) is 7.49. The minimum absolute atomic E-state index is 0.137. The molecule has 0 saturated heterocycles. The fraction of sp³-hybridized carbons (Fsp3) is 0.682. The zero-order valence-corrected chi connectivity index (χ0v) is 16.1. The highest BCUT2D eigenvalue weighted by Gasteiger charge is 2.60. The van der Waals surface area contributed by atoms with Crippen LogP contribution in [0, 0.1) is 17.3 Å². The van der Waals surface area contributed by atoms with Crippen LogP contribution in [0.1, 0.15) is 51.9 Å². The van der Waals surface area contributed by atoms with Crippen LogP contribution in [0.3, 0.4) is 0 Å². The Labute approximate surface area is 161 Å². The number of carbonyl (C=O) groups is 1. The van der Waals surface area contributed by atoms with Gasteiger partial charge in [0.1, 0.15) is 24.7 Å². The summed E-state index contributed by atoms with van der Waals surface area (Å²) in [5.74, 6) is 2.39. The van der Waals surface area contributed by atoms with Crippen LogP contribution in [0.25, 0.3) is 0 Å². The summed E-state index contributed by atoms with van der Waals surface area (Å²) in [6.45, 7) is 3.34. The molecule has 1 N–H and O–H groups in total. The summed E-state index contributed by atoms with van der Waals surface area (Å²) >= 11 is 0. The molecular weight excluding hydrogens is 344 g/mol. The Morgan fingerprint density at radius 3 is 2.15 bits per heavy atom. The van der Waals surface area contributed by atoms with Crippen LogP contribution >= 0.6 is 0 Å². The van der Waals surface area contributed by atoms with Gasteiger partial charge < -0.3 is 19.3 Å². The first kappa shape index (κ1) is 18.6. The molecule has 1 aromatic carbocycles. The van der Waals surface area contributed by atoms with Crippen molar-refractivity contribution in [3.05, 3.63) is 24.3 Å². The van der Waals surface area contributed by atoms with Crippen LogP contribution in [0.2, 0.25) is 0 Å². The van der Waals surface area contributed by atoms with Gasteiger partial charge in [0, 0.05) is 0 Å². The molecule has 0 spiro atoms. The van der Waals surface area contributed by atoms with Gasteiger partial charge in [-0.15, -0.1) is 0 Å². The maximum absolute atomic E-state index is 12.8. The van der Waals surface area contributed by atoms with Crippen LogP contribution in [-0.4, -0.2) is 36.5 Å². The molecule has 0 heterocycles. The predicted octanol–water partition coefficient (Wildman–Crippen LogP) is 3.73. The molecule has 2 unspecified atom stereocenters. The summed E-state index contributed by atoms with van der Waals surface area (Å²) in [7, 11) is 0. The lowest BCUT2D eigenvalue weighted by atomic mass is 9.48. The molecule has 148 valence electrons. The van der Waals surface area contributed by atoms with Crippen LogP contribution in [0.5, 0.6) is 11.5 Å². The molecule has 5 rings (SSSR count). The van der Waals surface area contributed by atoms with Gasteiger partial charge in [-0.25, -0.2) is 0 Å². The largest absolute Gasteiger partial charge is 0.494 e. The van der Waals surface area contributed by atoms with Crippen molar-refractivity contribution in [3.63, 3.8) is 0 Å². The minimum Gasteiger partial charge on any atom is -0.494 e. The van der Waals surface area contributed by atoms with Crippen molar-refractivity contribution < 1.29 is 24.1 Å². The van der Waals surface area contributed by atoms with Crippen molar-refractivity contribution >= 4 is 5.97 Å². The molecule has 4 bridgehead atoms. The van der Waals surface area contributed by atoms with Gasteiger partial charge in [-0.1, -0.05) is 6.92 Å². The van der Waals surface area contributed by atoms with Crippen molar-refractivity contribution in [2.24, 2.45) is 17.3 Å². The van der Waals surface area contributed by atoms with E-state index in [0.29, 0.717) is 31.5 Å². The number of hydrogen-bond acceptors (Lipinski definition) is 5. The van der Waals surface area contributed by atoms with Gasteiger partial charge in [-0.3, -0.25) is 4.79 Å². The van der Waals surface area contributed by atoms with E-state index < -0.39 is 11.0 Å². The number of carbonyl (C=O) groups excluding carboxylic acids is 1. The molecule has 5 nitrogen and oxygen atoms in total. The third-order valence-corrected chi connectivity index (χ3v) is 6.35. The molecule has 0 radical (unpaired) electrons. The smallest absolute Gasteiger partial charge is 0.312 e. The van der Waals surface area contributed by atoms with E-state index >= 15 is 0 Å². The first-order chi connectivity index (χ1) is 13.0. The van der Waals surface area contributed by atoms with Gasteiger partial charge in [0.2, 0.25) is 0 Å². The monoisotopic (exact) mass is 374 g/mol. The number of aliphatic hydroxyl groups is 1. The highest BCUT2D eigenvalue weighted by atomic mass is 16.6. The zero-order chi connectivity index (χ0) is 18.9. The van der Waals surface area contributed by atoms with Crippen LogP contribution in [-0.2, 0) is 9.53 Å². The maximum Gasteiger partial charge on any atom is 0.312 e. The molecular formula is C22H30O5. The van der Waals surface area contributed by atoms with Crippen LogP contribution in [0.15, 0.2) is 24.3 Å². The van der Waals surface area contributed by atoms with E-state index in [1.54, 1.807) is 0 Å². The number of rotatable bonds is 8. The molecule has 27 heavy (non-hydrogen) atoms. The Hall–Kier alpha value is -1.75. The summed E-state index contributed by atoms with van der Waals surface area (Å²) in [6.07, 6.45) is 6.20. The number of esters is 1. The van der Waals surface area contributed by atoms with Crippen LogP contribution in [0.4, 0.5) is 0 Å². The lowest BCUT2D eigenvalue weighted by molar-refractivity contribution is -0.196. The van der Waals surface area contributed by atoms with E-state index in [0.717, 1.165) is 43.6 Å². The summed E-state index contributed by atoms with van der Waals surface area (Å²) in [4.78, 5) is 12.8. The van der Waals surface area contributed by atoms with Gasteiger partial charge in [0.05, 0.1) is 17.6 Å². The fourth-order valence-corrected chi connectivity index (χ4v) is 5.75. The standard InChI is InChI=1S/C22H30O5/c1-2-7-25-18-3-5-19(6-4-18)26-8-9-27-20(23)21-11-16-10-17(12-21)14-22(24,13-16)15-21/h3-6,16-17,24H,2,7-15H2,1H3. The summed E-state index contributed by atoms with van der Waals surface area (Å²) in [5, 5.41) is 10.8. The maximum atomic E-state index is 12.8. The summed E-state index contributed by atoms with van der Waals surface area (Å²) < 4.78 is 16.8. The molecule has 0 aromatic heterocycles. The Kier molecular flexibility index (Phi) is 5.06. The van der Waals surface area contributed by atoms with Crippen molar-refractivity contribution in [1.82, 2.24) is 0 Å². The van der Waals surface area contributed by atoms with Gasteiger partial charge in [-0.2, -0.15) is 0 Å². The van der Waals surface area contributed by atoms with E-state index in [1.165, 1.54) is 6.42 Å². The number of hydrogen-bond donors (Lipinski definition) is 1. The molecule has 0 amide bonds. The van der Waals surface area contributed by atoms with Crippen LogP contribution < -0.4 is 9.47 Å². The minimum atomic E-state index is -0.638.